The Hall–Kier alpha value is -4.55. The van der Waals surface area contributed by atoms with Crippen LogP contribution in [0.2, 0.25) is 0 Å². The molecule has 1 fully saturated rings. The summed E-state index contributed by atoms with van der Waals surface area (Å²) in [6, 6.07) is 6.14. The number of nitrogens with one attached hydrogen (secondary N) is 2. The monoisotopic (exact) mass is 490 g/mol. The fourth-order valence-corrected chi connectivity index (χ4v) is 4.66. The number of ether oxygens (including phenoxy) is 1. The molecule has 2 aromatic heterocycles. The van der Waals surface area contributed by atoms with Crippen molar-refractivity contribution in [1.82, 2.24) is 35.0 Å². The van der Waals surface area contributed by atoms with Crippen LogP contribution in [0.5, 0.6) is 5.88 Å². The number of amides is 4. The summed E-state index contributed by atoms with van der Waals surface area (Å²) in [5.74, 6) is -0.520. The van der Waals surface area contributed by atoms with Gasteiger partial charge in [-0.2, -0.15) is 5.10 Å². The smallest absolute Gasteiger partial charge is 0.279 e. The lowest BCUT2D eigenvalue weighted by atomic mass is 10.0. The van der Waals surface area contributed by atoms with Gasteiger partial charge < -0.3 is 15.0 Å². The van der Waals surface area contributed by atoms with Crippen molar-refractivity contribution >= 4 is 29.4 Å². The number of hydrogen-bond donors (Lipinski definition) is 2. The van der Waals surface area contributed by atoms with Gasteiger partial charge in [-0.25, -0.2) is 9.36 Å². The minimum Gasteiger partial charge on any atom is -0.478 e. The van der Waals surface area contributed by atoms with Crippen molar-refractivity contribution in [2.45, 2.75) is 44.8 Å². The highest BCUT2D eigenvalue weighted by Gasteiger charge is 2.39. The number of benzene rings is 1. The predicted octanol–water partition coefficient (Wildman–Crippen LogP) is 0.650. The quantitative estimate of drug-likeness (QED) is 0.506. The minimum atomic E-state index is -0.684. The molecule has 1 saturated heterocycles. The number of fused-ring (bicyclic) bond motifs is 2. The second-order valence-corrected chi connectivity index (χ2v) is 8.89. The molecule has 1 unspecified atom stereocenters. The Morgan fingerprint density at radius 2 is 2.06 bits per heavy atom. The number of nitrogens with zero attached hydrogens (tertiary/aromatic N) is 6. The third-order valence-electron chi connectivity index (χ3n) is 6.50. The topological polar surface area (TPSA) is 153 Å². The van der Waals surface area contributed by atoms with E-state index in [4.69, 9.17) is 4.74 Å². The zero-order chi connectivity index (χ0) is 24.8. The van der Waals surface area contributed by atoms with Crippen LogP contribution in [-0.2, 0) is 22.7 Å². The summed E-state index contributed by atoms with van der Waals surface area (Å²) in [6.07, 6.45) is 3.89. The number of rotatable bonds is 4. The van der Waals surface area contributed by atoms with Gasteiger partial charge in [0, 0.05) is 31.1 Å². The Bertz CT molecular complexity index is 1390. The van der Waals surface area contributed by atoms with E-state index in [1.165, 1.54) is 15.8 Å². The first-order valence-corrected chi connectivity index (χ1v) is 11.7. The normalized spacial score (nSPS) is 19.3. The molecule has 0 bridgehead atoms. The number of imide groups is 1. The number of carbonyl (C=O) groups excluding carboxylic acids is 4. The molecule has 4 amide bonds. The highest BCUT2D eigenvalue weighted by atomic mass is 16.5. The van der Waals surface area contributed by atoms with E-state index < -0.39 is 17.9 Å². The molecule has 0 spiro atoms. The summed E-state index contributed by atoms with van der Waals surface area (Å²) in [6.45, 7) is 1.58. The molecule has 36 heavy (non-hydrogen) atoms. The van der Waals surface area contributed by atoms with Crippen molar-refractivity contribution < 1.29 is 23.9 Å². The lowest BCUT2D eigenvalue weighted by molar-refractivity contribution is -0.136. The Balaban J connectivity index is 1.17. The van der Waals surface area contributed by atoms with Gasteiger partial charge in [0.2, 0.25) is 17.7 Å². The van der Waals surface area contributed by atoms with E-state index in [9.17, 15) is 19.2 Å². The number of carbonyl (C=O) groups is 4. The van der Waals surface area contributed by atoms with Crippen molar-refractivity contribution in [1.29, 1.82) is 0 Å². The van der Waals surface area contributed by atoms with Gasteiger partial charge in [-0.1, -0.05) is 5.21 Å². The molecule has 3 aliphatic rings. The van der Waals surface area contributed by atoms with Crippen LogP contribution < -0.4 is 15.4 Å². The van der Waals surface area contributed by atoms with Crippen molar-refractivity contribution in [2.75, 3.05) is 11.9 Å². The molecule has 184 valence electrons. The zero-order valence-corrected chi connectivity index (χ0v) is 19.1. The minimum absolute atomic E-state index is 0.0980. The van der Waals surface area contributed by atoms with E-state index in [1.807, 2.05) is 0 Å². The summed E-state index contributed by atoms with van der Waals surface area (Å²) in [4.78, 5) is 50.8. The van der Waals surface area contributed by atoms with Crippen molar-refractivity contribution in [3.05, 3.63) is 47.3 Å². The summed E-state index contributed by atoms with van der Waals surface area (Å²) >= 11 is 0. The van der Waals surface area contributed by atoms with Gasteiger partial charge in [0.15, 0.2) is 11.5 Å². The predicted molar refractivity (Wildman–Crippen MR) is 122 cm³/mol. The van der Waals surface area contributed by atoms with Gasteiger partial charge in [0.25, 0.3) is 11.8 Å². The van der Waals surface area contributed by atoms with Gasteiger partial charge in [0.1, 0.15) is 6.04 Å². The maximum absolute atomic E-state index is 12.9. The average Bonchev–Trinajstić information content (AvgIpc) is 3.53. The van der Waals surface area contributed by atoms with Gasteiger partial charge in [-0.05, 0) is 43.0 Å². The summed E-state index contributed by atoms with van der Waals surface area (Å²) in [7, 11) is 0. The highest BCUT2D eigenvalue weighted by molar-refractivity contribution is 6.05. The molecule has 0 saturated carbocycles. The Morgan fingerprint density at radius 3 is 2.92 bits per heavy atom. The molecule has 6 rings (SSSR count). The molecule has 2 N–H and O–H groups in total. The van der Waals surface area contributed by atoms with Crippen LogP contribution in [0, 0.1) is 0 Å². The van der Waals surface area contributed by atoms with E-state index in [2.05, 4.69) is 26.0 Å². The first-order chi connectivity index (χ1) is 17.5. The van der Waals surface area contributed by atoms with Crippen LogP contribution in [-0.4, -0.2) is 66.0 Å². The number of anilines is 1. The first kappa shape index (κ1) is 21.9. The molecular weight excluding hydrogens is 468 g/mol. The van der Waals surface area contributed by atoms with Gasteiger partial charge in [0.05, 0.1) is 18.5 Å². The average molecular weight is 490 g/mol. The molecule has 3 aromatic rings. The van der Waals surface area contributed by atoms with Crippen LogP contribution in [0.3, 0.4) is 0 Å². The molecule has 3 aliphatic heterocycles. The van der Waals surface area contributed by atoms with E-state index in [-0.39, 0.29) is 30.5 Å². The molecular formula is C23H22N8O5. The third kappa shape index (κ3) is 3.87. The molecule has 13 nitrogen and oxygen atoms in total. The largest absolute Gasteiger partial charge is 0.478 e. The van der Waals surface area contributed by atoms with Gasteiger partial charge in [-0.15, -0.1) is 5.10 Å². The molecule has 5 heterocycles. The van der Waals surface area contributed by atoms with Crippen LogP contribution in [0.25, 0.3) is 5.69 Å². The lowest BCUT2D eigenvalue weighted by Crippen LogP contribution is -2.52. The van der Waals surface area contributed by atoms with E-state index in [0.717, 1.165) is 24.9 Å². The van der Waals surface area contributed by atoms with Crippen molar-refractivity contribution in [3.63, 3.8) is 0 Å². The summed E-state index contributed by atoms with van der Waals surface area (Å²) in [5, 5.41) is 17.4. The molecule has 13 heteroatoms. The maximum atomic E-state index is 12.9. The Labute approximate surface area is 204 Å². The fourth-order valence-electron chi connectivity index (χ4n) is 4.66. The van der Waals surface area contributed by atoms with E-state index >= 15 is 0 Å². The van der Waals surface area contributed by atoms with Gasteiger partial charge in [-0.3, -0.25) is 24.5 Å². The van der Waals surface area contributed by atoms with Crippen LogP contribution in [0.15, 0.2) is 30.5 Å². The first-order valence-electron chi connectivity index (χ1n) is 11.7. The van der Waals surface area contributed by atoms with Crippen LogP contribution in [0.4, 0.5) is 5.82 Å². The van der Waals surface area contributed by atoms with Crippen LogP contribution in [0.1, 0.15) is 52.1 Å². The second kappa shape index (κ2) is 8.59. The summed E-state index contributed by atoms with van der Waals surface area (Å²) in [5.41, 5.74) is 1.92. The second-order valence-electron chi connectivity index (χ2n) is 8.89. The number of hydrogen-bond acceptors (Lipinski definition) is 8. The molecule has 1 atom stereocenters. The number of piperidine rings is 1. The highest BCUT2D eigenvalue weighted by Crippen LogP contribution is 2.29. The maximum Gasteiger partial charge on any atom is 0.279 e. The lowest BCUT2D eigenvalue weighted by Gasteiger charge is -2.29. The third-order valence-corrected chi connectivity index (χ3v) is 6.50. The Morgan fingerprint density at radius 1 is 1.17 bits per heavy atom. The molecule has 0 radical (unpaired) electrons. The SMILES string of the molecule is O=C1CCC(N2Cc3cc(-n4cc(C(=O)Nc5cc6n(n5)CCCCO6)nn4)ccc3C2=O)C(=O)N1. The molecule has 1 aromatic carbocycles. The van der Waals surface area contributed by atoms with Crippen molar-refractivity contribution in [3.8, 4) is 11.6 Å². The number of aromatic nitrogens is 5. The van der Waals surface area contributed by atoms with Crippen molar-refractivity contribution in [2.24, 2.45) is 0 Å². The van der Waals surface area contributed by atoms with Gasteiger partial charge >= 0.3 is 0 Å². The fraction of sp³-hybridized carbons (Fsp3) is 0.348. The summed E-state index contributed by atoms with van der Waals surface area (Å²) < 4.78 is 8.80. The zero-order valence-electron chi connectivity index (χ0n) is 19.1. The standard InChI is InChI=1S/C23H22N8O5/c32-19-6-5-17(22(34)25-19)29-11-13-9-14(3-4-15(13)23(29)35)31-12-16(26-28-31)21(33)24-18-10-20-30(27-18)7-1-2-8-36-20/h3-4,9-10,12,17H,1-2,5-8,11H2,(H,24,27,33)(H,25,32,34). The molecule has 0 aliphatic carbocycles. The van der Waals surface area contributed by atoms with E-state index in [1.54, 1.807) is 28.9 Å². The van der Waals surface area contributed by atoms with Crippen LogP contribution >= 0.6 is 0 Å². The van der Waals surface area contributed by atoms with E-state index in [0.29, 0.717) is 36.0 Å². The number of aryl methyl sites for hydroxylation is 1. The Kier molecular flexibility index (Phi) is 5.24.